The number of methoxy groups -OCH3 is 2. The van der Waals surface area contributed by atoms with E-state index in [0.717, 1.165) is 32.1 Å². The maximum atomic E-state index is 14.7. The molecule has 1 saturated carbocycles. The zero-order valence-electron chi connectivity index (χ0n) is 20.5. The first-order chi connectivity index (χ1) is 17.5. The third-order valence-electron chi connectivity index (χ3n) is 6.53. The van der Waals surface area contributed by atoms with Gasteiger partial charge in [0.05, 0.1) is 27.0 Å². The Morgan fingerprint density at radius 2 is 1.78 bits per heavy atom. The molecule has 1 N–H and O–H groups in total. The lowest BCUT2D eigenvalue weighted by Gasteiger charge is -2.33. The topological polar surface area (TPSA) is 81.0 Å². The highest BCUT2D eigenvalue weighted by atomic mass is 19.1. The highest BCUT2D eigenvalue weighted by molar-refractivity contribution is 5.96. The molecule has 0 saturated heterocycles. The number of hydrogen-bond donors (Lipinski definition) is 1. The SMILES string of the molecule is COc1ccc([C@@H](C(=O)NC2CCCCC2)N(Cc2ccccc2F)C(=O)c2ccco2)cc1OC. The summed E-state index contributed by atoms with van der Waals surface area (Å²) in [7, 11) is 3.03. The van der Waals surface area contributed by atoms with Gasteiger partial charge in [-0.25, -0.2) is 4.39 Å². The molecule has 7 nitrogen and oxygen atoms in total. The number of nitrogens with zero attached hydrogens (tertiary/aromatic N) is 1. The Morgan fingerprint density at radius 1 is 1.03 bits per heavy atom. The number of rotatable bonds is 9. The van der Waals surface area contributed by atoms with Crippen LogP contribution in [0.25, 0.3) is 0 Å². The van der Waals surface area contributed by atoms with Crippen molar-refractivity contribution in [3.05, 3.63) is 83.6 Å². The van der Waals surface area contributed by atoms with Crippen molar-refractivity contribution in [1.29, 1.82) is 0 Å². The van der Waals surface area contributed by atoms with Gasteiger partial charge < -0.3 is 24.1 Å². The average molecular weight is 495 g/mol. The minimum Gasteiger partial charge on any atom is -0.493 e. The maximum absolute atomic E-state index is 14.7. The summed E-state index contributed by atoms with van der Waals surface area (Å²) >= 11 is 0. The van der Waals surface area contributed by atoms with E-state index < -0.39 is 17.8 Å². The second-order valence-electron chi connectivity index (χ2n) is 8.86. The van der Waals surface area contributed by atoms with E-state index in [0.29, 0.717) is 17.1 Å². The van der Waals surface area contributed by atoms with Gasteiger partial charge in [-0.1, -0.05) is 43.5 Å². The van der Waals surface area contributed by atoms with Gasteiger partial charge in [0.25, 0.3) is 5.91 Å². The predicted octanol–water partition coefficient (Wildman–Crippen LogP) is 5.27. The van der Waals surface area contributed by atoms with Gasteiger partial charge in [-0.2, -0.15) is 0 Å². The third kappa shape index (κ3) is 5.70. The van der Waals surface area contributed by atoms with Crippen LogP contribution in [0.15, 0.2) is 65.3 Å². The van der Waals surface area contributed by atoms with Crippen molar-refractivity contribution in [1.82, 2.24) is 10.2 Å². The maximum Gasteiger partial charge on any atom is 0.290 e. The molecule has 0 unspecified atom stereocenters. The summed E-state index contributed by atoms with van der Waals surface area (Å²) in [6, 6.07) is 13.4. The number of carbonyl (C=O) groups is 2. The molecule has 8 heteroatoms. The van der Waals surface area contributed by atoms with Crippen molar-refractivity contribution in [2.24, 2.45) is 0 Å². The zero-order valence-corrected chi connectivity index (χ0v) is 20.5. The first-order valence-corrected chi connectivity index (χ1v) is 12.1. The molecule has 1 aromatic heterocycles. The van der Waals surface area contributed by atoms with Crippen LogP contribution in [-0.2, 0) is 11.3 Å². The number of halogens is 1. The average Bonchev–Trinajstić information content (AvgIpc) is 3.44. The molecular weight excluding hydrogens is 463 g/mol. The van der Waals surface area contributed by atoms with Gasteiger partial charge in [-0.05, 0) is 48.7 Å². The van der Waals surface area contributed by atoms with E-state index in [1.165, 1.54) is 37.5 Å². The summed E-state index contributed by atoms with van der Waals surface area (Å²) in [5.74, 6) is -0.365. The Kier molecular flexibility index (Phi) is 8.25. The van der Waals surface area contributed by atoms with E-state index in [4.69, 9.17) is 13.9 Å². The highest BCUT2D eigenvalue weighted by Crippen LogP contribution is 2.34. The predicted molar refractivity (Wildman–Crippen MR) is 132 cm³/mol. The summed E-state index contributed by atoms with van der Waals surface area (Å²) in [5, 5.41) is 3.14. The van der Waals surface area contributed by atoms with Crippen molar-refractivity contribution in [3.8, 4) is 11.5 Å². The lowest BCUT2D eigenvalue weighted by atomic mass is 9.94. The summed E-state index contributed by atoms with van der Waals surface area (Å²) in [6.45, 7) is -0.136. The van der Waals surface area contributed by atoms with Crippen LogP contribution >= 0.6 is 0 Å². The molecule has 1 atom stereocenters. The van der Waals surface area contributed by atoms with Crippen LogP contribution in [0.5, 0.6) is 11.5 Å². The van der Waals surface area contributed by atoms with Crippen LogP contribution in [0.1, 0.15) is 59.8 Å². The molecule has 190 valence electrons. The molecule has 1 aliphatic carbocycles. The van der Waals surface area contributed by atoms with E-state index in [1.807, 2.05) is 0 Å². The molecule has 0 bridgehead atoms. The minimum atomic E-state index is -1.07. The molecule has 0 radical (unpaired) electrons. The molecule has 4 rings (SSSR count). The van der Waals surface area contributed by atoms with Crippen molar-refractivity contribution in [2.75, 3.05) is 14.2 Å². The van der Waals surface area contributed by atoms with Gasteiger partial charge in [0.15, 0.2) is 17.3 Å². The largest absolute Gasteiger partial charge is 0.493 e. The van der Waals surface area contributed by atoms with E-state index in [-0.39, 0.29) is 29.8 Å². The molecule has 2 aromatic carbocycles. The molecule has 1 fully saturated rings. The van der Waals surface area contributed by atoms with Crippen LogP contribution in [0.3, 0.4) is 0 Å². The third-order valence-corrected chi connectivity index (χ3v) is 6.53. The van der Waals surface area contributed by atoms with Gasteiger partial charge >= 0.3 is 0 Å². The van der Waals surface area contributed by atoms with Crippen LogP contribution in [0.4, 0.5) is 4.39 Å². The Morgan fingerprint density at radius 3 is 2.44 bits per heavy atom. The fourth-order valence-electron chi connectivity index (χ4n) is 4.66. The Bertz CT molecular complexity index is 1170. The van der Waals surface area contributed by atoms with Crippen LogP contribution < -0.4 is 14.8 Å². The van der Waals surface area contributed by atoms with E-state index >= 15 is 0 Å². The number of furan rings is 1. The van der Waals surface area contributed by atoms with Gasteiger partial charge in [-0.15, -0.1) is 0 Å². The fourth-order valence-corrected chi connectivity index (χ4v) is 4.66. The van der Waals surface area contributed by atoms with Crippen molar-refractivity contribution < 1.29 is 27.9 Å². The lowest BCUT2D eigenvalue weighted by Crippen LogP contribution is -2.47. The first kappa shape index (κ1) is 25.3. The number of benzene rings is 2. The highest BCUT2D eigenvalue weighted by Gasteiger charge is 2.35. The Hall–Kier alpha value is -3.81. The smallest absolute Gasteiger partial charge is 0.290 e. The van der Waals surface area contributed by atoms with Crippen LogP contribution in [0.2, 0.25) is 0 Å². The molecule has 2 amide bonds. The first-order valence-electron chi connectivity index (χ1n) is 12.1. The monoisotopic (exact) mass is 494 g/mol. The molecule has 1 heterocycles. The summed E-state index contributed by atoms with van der Waals surface area (Å²) in [5.41, 5.74) is 0.797. The second kappa shape index (κ2) is 11.7. The quantitative estimate of drug-likeness (QED) is 0.438. The van der Waals surface area contributed by atoms with E-state index in [1.54, 1.807) is 42.5 Å². The zero-order chi connectivity index (χ0) is 25.5. The number of carbonyl (C=O) groups excluding carboxylic acids is 2. The number of hydrogen-bond acceptors (Lipinski definition) is 5. The molecule has 3 aromatic rings. The Balaban J connectivity index is 1.79. The van der Waals surface area contributed by atoms with Crippen molar-refractivity contribution >= 4 is 11.8 Å². The van der Waals surface area contributed by atoms with E-state index in [9.17, 15) is 14.0 Å². The summed E-state index contributed by atoms with van der Waals surface area (Å²) in [6.07, 6.45) is 6.37. The van der Waals surface area contributed by atoms with Gasteiger partial charge in [0, 0.05) is 11.6 Å². The van der Waals surface area contributed by atoms with Crippen LogP contribution in [0, 0.1) is 5.82 Å². The molecule has 0 aliphatic heterocycles. The summed E-state index contributed by atoms with van der Waals surface area (Å²) < 4.78 is 30.9. The Labute approximate surface area is 210 Å². The number of nitrogens with one attached hydrogen (secondary N) is 1. The van der Waals surface area contributed by atoms with Crippen LogP contribution in [-0.4, -0.2) is 37.0 Å². The molecule has 36 heavy (non-hydrogen) atoms. The fraction of sp³-hybridized carbons (Fsp3) is 0.357. The lowest BCUT2D eigenvalue weighted by molar-refractivity contribution is -0.127. The molecule has 1 aliphatic rings. The van der Waals surface area contributed by atoms with Crippen molar-refractivity contribution in [2.45, 2.75) is 50.7 Å². The van der Waals surface area contributed by atoms with Gasteiger partial charge in [0.1, 0.15) is 11.9 Å². The van der Waals surface area contributed by atoms with E-state index in [2.05, 4.69) is 5.32 Å². The molecular formula is C28H31FN2O5. The molecule has 0 spiro atoms. The minimum absolute atomic E-state index is 0.0166. The summed E-state index contributed by atoms with van der Waals surface area (Å²) in [4.78, 5) is 28.9. The van der Waals surface area contributed by atoms with Crippen molar-refractivity contribution in [3.63, 3.8) is 0 Å². The van der Waals surface area contributed by atoms with Gasteiger partial charge in [-0.3, -0.25) is 9.59 Å². The number of amides is 2. The number of ether oxygens (including phenoxy) is 2. The second-order valence-corrected chi connectivity index (χ2v) is 8.86. The standard InChI is InChI=1S/C28H31FN2O5/c1-34-23-15-14-19(17-25(23)35-2)26(27(32)30-21-10-4-3-5-11-21)31(28(33)24-13-8-16-36-24)18-20-9-6-7-12-22(20)29/h6-9,12-17,21,26H,3-5,10-11,18H2,1-2H3,(H,30,32)/t26-/m0/s1. The van der Waals surface area contributed by atoms with Gasteiger partial charge in [0.2, 0.25) is 5.91 Å². The normalized spacial score (nSPS) is 14.6.